The van der Waals surface area contributed by atoms with E-state index in [-0.39, 0.29) is 51.0 Å². The first kappa shape index (κ1) is 27.8. The van der Waals surface area contributed by atoms with E-state index in [4.69, 9.17) is 20.4 Å². The molecule has 0 heterocycles. The Kier molecular flexibility index (Phi) is 20.3. The van der Waals surface area contributed by atoms with Gasteiger partial charge in [0.1, 0.15) is 12.2 Å². The Hall–Kier alpha value is -0.0403. The summed E-state index contributed by atoms with van der Waals surface area (Å²) in [6.07, 6.45) is -4.18. The number of aliphatic hydroxyl groups excluding tert-OH is 4. The van der Waals surface area contributed by atoms with Crippen molar-refractivity contribution in [2.24, 2.45) is 0 Å². The summed E-state index contributed by atoms with van der Waals surface area (Å²) in [5.41, 5.74) is 0. The van der Waals surface area contributed by atoms with Gasteiger partial charge in [0.25, 0.3) is 0 Å². The number of ether oxygens (including phenoxy) is 2. The van der Waals surface area contributed by atoms with Crippen LogP contribution < -0.4 is 10.2 Å². The molecule has 0 aromatic heterocycles. The predicted octanol–water partition coefficient (Wildman–Crippen LogP) is -5.39. The van der Waals surface area contributed by atoms with Gasteiger partial charge in [-0.2, -0.15) is 0 Å². The summed E-state index contributed by atoms with van der Waals surface area (Å²) < 4.78 is 9.17. The third kappa shape index (κ3) is 18.1. The third-order valence-corrected chi connectivity index (χ3v) is 2.16. The van der Waals surface area contributed by atoms with Crippen molar-refractivity contribution >= 4 is 49.7 Å². The summed E-state index contributed by atoms with van der Waals surface area (Å²) in [6, 6.07) is 0. The van der Waals surface area contributed by atoms with E-state index in [1.165, 1.54) is 13.8 Å². The van der Waals surface area contributed by atoms with E-state index in [9.17, 15) is 19.8 Å². The van der Waals surface area contributed by atoms with Crippen LogP contribution in [0.25, 0.3) is 0 Å². The SMILES string of the molecule is CC(OCC(O)CO)C(=O)[O-].CC(OCC(O)CO)C(=O)[O-].[Ca+2]. The third-order valence-electron chi connectivity index (χ3n) is 2.16. The fraction of sp³-hybridized carbons (Fsp3) is 0.833. The fourth-order valence-corrected chi connectivity index (χ4v) is 0.752. The Balaban J connectivity index is -0.000000333. The molecule has 0 fully saturated rings. The number of carbonyl (C=O) groups is 2. The summed E-state index contributed by atoms with van der Waals surface area (Å²) in [5, 5.41) is 54.0. The molecule has 0 aromatic carbocycles. The number of hydrogen-bond acceptors (Lipinski definition) is 10. The summed E-state index contributed by atoms with van der Waals surface area (Å²) in [7, 11) is 0. The second-order valence-electron chi connectivity index (χ2n) is 4.26. The largest absolute Gasteiger partial charge is 2.00 e. The Bertz CT molecular complexity index is 284. The zero-order valence-corrected chi connectivity index (χ0v) is 15.3. The van der Waals surface area contributed by atoms with Gasteiger partial charge in [-0.3, -0.25) is 0 Å². The molecule has 0 aliphatic rings. The van der Waals surface area contributed by atoms with Gasteiger partial charge in [0.15, 0.2) is 0 Å². The second-order valence-corrected chi connectivity index (χ2v) is 4.26. The minimum atomic E-state index is -1.34. The number of carboxylic acids is 2. The van der Waals surface area contributed by atoms with E-state index >= 15 is 0 Å². The number of carbonyl (C=O) groups excluding carboxylic acids is 2. The van der Waals surface area contributed by atoms with Crippen LogP contribution in [-0.4, -0.2) is 121 Å². The van der Waals surface area contributed by atoms with E-state index < -0.39 is 49.6 Å². The van der Waals surface area contributed by atoms with Gasteiger partial charge >= 0.3 is 37.7 Å². The summed E-state index contributed by atoms with van der Waals surface area (Å²) in [5.74, 6) is -2.68. The van der Waals surface area contributed by atoms with Gasteiger partial charge in [0.05, 0.1) is 50.6 Å². The van der Waals surface area contributed by atoms with Crippen molar-refractivity contribution in [3.05, 3.63) is 0 Å². The Morgan fingerprint density at radius 2 is 1.13 bits per heavy atom. The molecule has 4 atom stereocenters. The molecule has 0 aliphatic carbocycles. The van der Waals surface area contributed by atoms with Crippen LogP contribution in [-0.2, 0) is 19.1 Å². The first-order valence-electron chi connectivity index (χ1n) is 6.38. The standard InChI is InChI=1S/2C6H12O5.Ca/c2*1-4(6(9)10)11-3-5(8)2-7;/h2*4-5,7-8H,2-3H2,1H3,(H,9,10);/q;;+2/p-2. The van der Waals surface area contributed by atoms with Crippen LogP contribution in [0, 0.1) is 0 Å². The van der Waals surface area contributed by atoms with E-state index in [0.29, 0.717) is 0 Å². The zero-order chi connectivity index (χ0) is 17.7. The van der Waals surface area contributed by atoms with Gasteiger partial charge in [-0.1, -0.05) is 0 Å². The van der Waals surface area contributed by atoms with Crippen LogP contribution in [0.3, 0.4) is 0 Å². The fourth-order valence-electron chi connectivity index (χ4n) is 0.752. The Labute approximate surface area is 163 Å². The van der Waals surface area contributed by atoms with Crippen LogP contribution >= 0.6 is 0 Å². The maximum Gasteiger partial charge on any atom is 2.00 e. The number of hydrogen-bond donors (Lipinski definition) is 4. The van der Waals surface area contributed by atoms with Gasteiger partial charge in [-0.05, 0) is 13.8 Å². The van der Waals surface area contributed by atoms with E-state index in [2.05, 4.69) is 9.47 Å². The van der Waals surface area contributed by atoms with Crippen LogP contribution in [0.1, 0.15) is 13.8 Å². The van der Waals surface area contributed by atoms with Crippen molar-refractivity contribution < 1.29 is 49.7 Å². The van der Waals surface area contributed by atoms with Crippen LogP contribution in [0.4, 0.5) is 0 Å². The molecule has 132 valence electrons. The molecular formula is C12H22CaO10. The topological polar surface area (TPSA) is 180 Å². The van der Waals surface area contributed by atoms with Crippen LogP contribution in [0.15, 0.2) is 0 Å². The number of aliphatic hydroxyl groups is 4. The van der Waals surface area contributed by atoms with Gasteiger partial charge < -0.3 is 49.7 Å². The maximum atomic E-state index is 10.0. The predicted molar refractivity (Wildman–Crippen MR) is 72.8 cm³/mol. The van der Waals surface area contributed by atoms with Crippen molar-refractivity contribution in [2.45, 2.75) is 38.3 Å². The molecule has 0 spiro atoms. The monoisotopic (exact) mass is 366 g/mol. The van der Waals surface area contributed by atoms with Crippen molar-refractivity contribution in [1.29, 1.82) is 0 Å². The number of carboxylic acid groups (broad SMARTS) is 2. The summed E-state index contributed by atoms with van der Waals surface area (Å²) in [4.78, 5) is 20.0. The van der Waals surface area contributed by atoms with E-state index in [0.717, 1.165) is 0 Å². The normalized spacial score (nSPS) is 15.2. The molecule has 0 rings (SSSR count). The average Bonchev–Trinajstić information content (AvgIpc) is 2.49. The molecule has 0 saturated heterocycles. The molecular weight excluding hydrogens is 344 g/mol. The quantitative estimate of drug-likeness (QED) is 0.273. The second kappa shape index (κ2) is 16.8. The molecule has 11 heteroatoms. The van der Waals surface area contributed by atoms with Crippen molar-refractivity contribution in [3.8, 4) is 0 Å². The molecule has 0 amide bonds. The molecule has 10 nitrogen and oxygen atoms in total. The smallest absolute Gasteiger partial charge is 0.547 e. The van der Waals surface area contributed by atoms with Crippen LogP contribution in [0.2, 0.25) is 0 Å². The van der Waals surface area contributed by atoms with Crippen molar-refractivity contribution in [1.82, 2.24) is 0 Å². The van der Waals surface area contributed by atoms with Gasteiger partial charge in [0.2, 0.25) is 0 Å². The molecule has 0 aliphatic heterocycles. The molecule has 4 unspecified atom stereocenters. The van der Waals surface area contributed by atoms with Crippen molar-refractivity contribution in [3.63, 3.8) is 0 Å². The molecule has 0 aromatic rings. The van der Waals surface area contributed by atoms with Crippen LogP contribution in [0.5, 0.6) is 0 Å². The molecule has 0 saturated carbocycles. The first-order chi connectivity index (χ1) is 10.1. The number of aliphatic carboxylic acids is 2. The van der Waals surface area contributed by atoms with Gasteiger partial charge in [-0.25, -0.2) is 0 Å². The molecule has 4 N–H and O–H groups in total. The summed E-state index contributed by atoms with van der Waals surface area (Å²) >= 11 is 0. The first-order valence-corrected chi connectivity index (χ1v) is 6.38. The maximum absolute atomic E-state index is 10.0. The number of rotatable bonds is 10. The molecule has 0 bridgehead atoms. The van der Waals surface area contributed by atoms with Gasteiger partial charge in [-0.15, -0.1) is 0 Å². The minimum Gasteiger partial charge on any atom is -0.547 e. The molecule has 0 radical (unpaired) electrons. The van der Waals surface area contributed by atoms with Gasteiger partial charge in [0, 0.05) is 0 Å². The minimum absolute atomic E-state index is 0. The summed E-state index contributed by atoms with van der Waals surface area (Å²) in [6.45, 7) is 1.29. The Morgan fingerprint density at radius 3 is 1.30 bits per heavy atom. The van der Waals surface area contributed by atoms with E-state index in [1.807, 2.05) is 0 Å². The molecule has 23 heavy (non-hydrogen) atoms. The zero-order valence-electron chi connectivity index (χ0n) is 13.1. The van der Waals surface area contributed by atoms with E-state index in [1.54, 1.807) is 0 Å². The Morgan fingerprint density at radius 1 is 0.870 bits per heavy atom. The van der Waals surface area contributed by atoms with Crippen molar-refractivity contribution in [2.75, 3.05) is 26.4 Å². The average molecular weight is 366 g/mol.